The van der Waals surface area contributed by atoms with E-state index in [4.69, 9.17) is 19.9 Å². The fourth-order valence-electron chi connectivity index (χ4n) is 6.54. The van der Waals surface area contributed by atoms with E-state index in [0.717, 1.165) is 0 Å². The van der Waals surface area contributed by atoms with Gasteiger partial charge in [-0.15, -0.1) is 0 Å². The first-order valence-corrected chi connectivity index (χ1v) is 12.6. The van der Waals surface area contributed by atoms with Crippen molar-refractivity contribution in [2.45, 2.75) is 44.0 Å². The van der Waals surface area contributed by atoms with Crippen molar-refractivity contribution in [3.05, 3.63) is 53.7 Å². The summed E-state index contributed by atoms with van der Waals surface area (Å²) < 4.78 is 17.5. The topological polar surface area (TPSA) is 141 Å². The van der Waals surface area contributed by atoms with Crippen LogP contribution in [0.5, 0.6) is 5.88 Å². The number of carbonyl (C=O) groups excluding carboxylic acids is 2. The minimum absolute atomic E-state index is 0.0835. The van der Waals surface area contributed by atoms with Crippen molar-refractivity contribution in [3.8, 4) is 11.9 Å². The standard InChI is InChI=1S/C28H27N5O5/c1-27-9-10-28(38-27,11-12-37-21-13-17(15-36-2)31-26(30)32-21)23-22(27)24(34)33(25(23)35)20-8-7-16(14-29)18-5-3-4-6-19(18)20/h3-8,13,22-23H,9-12,15H2,1-2H3,(H2,30,31,32)/t22-,23+,27-,28-/m1/s1. The summed E-state index contributed by atoms with van der Waals surface area (Å²) in [7, 11) is 1.56. The van der Waals surface area contributed by atoms with Gasteiger partial charge in [-0.05, 0) is 31.9 Å². The van der Waals surface area contributed by atoms with Gasteiger partial charge in [0.1, 0.15) is 0 Å². The van der Waals surface area contributed by atoms with Crippen molar-refractivity contribution in [3.63, 3.8) is 0 Å². The van der Waals surface area contributed by atoms with Gasteiger partial charge < -0.3 is 19.9 Å². The Bertz CT molecular complexity index is 1520. The van der Waals surface area contributed by atoms with Crippen molar-refractivity contribution in [1.82, 2.24) is 9.97 Å². The Balaban J connectivity index is 1.30. The summed E-state index contributed by atoms with van der Waals surface area (Å²) >= 11 is 0. The quantitative estimate of drug-likeness (QED) is 0.472. The van der Waals surface area contributed by atoms with E-state index in [1.807, 2.05) is 31.2 Å². The fraction of sp³-hybridized carbons (Fsp3) is 0.393. The predicted octanol–water partition coefficient (Wildman–Crippen LogP) is 3.13. The molecule has 2 N–H and O–H groups in total. The lowest BCUT2D eigenvalue weighted by Crippen LogP contribution is -2.43. The van der Waals surface area contributed by atoms with Gasteiger partial charge in [-0.3, -0.25) is 9.59 Å². The molecule has 10 heteroatoms. The molecule has 0 aliphatic carbocycles. The molecule has 3 aliphatic rings. The van der Waals surface area contributed by atoms with Crippen LogP contribution in [-0.4, -0.2) is 46.7 Å². The Labute approximate surface area is 219 Å². The summed E-state index contributed by atoms with van der Waals surface area (Å²) in [5.74, 6) is -1.33. The average molecular weight is 514 g/mol. The Morgan fingerprint density at radius 3 is 2.66 bits per heavy atom. The Morgan fingerprint density at radius 2 is 1.89 bits per heavy atom. The number of nitrogen functional groups attached to an aromatic ring is 1. The van der Waals surface area contributed by atoms with Crippen LogP contribution >= 0.6 is 0 Å². The number of hydrogen-bond donors (Lipinski definition) is 1. The summed E-state index contributed by atoms with van der Waals surface area (Å²) in [6.45, 7) is 2.42. The van der Waals surface area contributed by atoms with Crippen LogP contribution in [0.2, 0.25) is 0 Å². The van der Waals surface area contributed by atoms with Gasteiger partial charge in [0.2, 0.25) is 23.6 Å². The molecule has 3 saturated heterocycles. The number of imide groups is 1. The van der Waals surface area contributed by atoms with Crippen molar-refractivity contribution in [1.29, 1.82) is 5.26 Å². The second-order valence-corrected chi connectivity index (χ2v) is 10.3. The average Bonchev–Trinajstić information content (AvgIpc) is 3.47. The van der Waals surface area contributed by atoms with E-state index in [1.54, 1.807) is 25.3 Å². The lowest BCUT2D eigenvalue weighted by molar-refractivity contribution is -0.131. The van der Waals surface area contributed by atoms with Gasteiger partial charge in [-0.1, -0.05) is 24.3 Å². The van der Waals surface area contributed by atoms with E-state index in [2.05, 4.69) is 16.0 Å². The number of aromatic nitrogens is 2. The summed E-state index contributed by atoms with van der Waals surface area (Å²) in [5.41, 5.74) is 5.84. The van der Waals surface area contributed by atoms with Crippen LogP contribution in [-0.2, 0) is 25.7 Å². The number of rotatable bonds is 7. The highest BCUT2D eigenvalue weighted by atomic mass is 16.5. The number of nitriles is 1. The maximum absolute atomic E-state index is 14.0. The summed E-state index contributed by atoms with van der Waals surface area (Å²) in [4.78, 5) is 37.4. The van der Waals surface area contributed by atoms with Crippen LogP contribution in [0.3, 0.4) is 0 Å². The molecule has 0 spiro atoms. The zero-order valence-corrected chi connectivity index (χ0v) is 21.1. The zero-order chi connectivity index (χ0) is 26.7. The summed E-state index contributed by atoms with van der Waals surface area (Å²) in [6.07, 6.45) is 1.73. The van der Waals surface area contributed by atoms with Gasteiger partial charge in [0, 0.05) is 30.4 Å². The van der Waals surface area contributed by atoms with E-state index in [0.29, 0.717) is 52.9 Å². The number of amides is 2. The number of hydrogen-bond acceptors (Lipinski definition) is 9. The number of nitrogens with zero attached hydrogens (tertiary/aromatic N) is 4. The highest BCUT2D eigenvalue weighted by Crippen LogP contribution is 2.62. The van der Waals surface area contributed by atoms with Gasteiger partial charge >= 0.3 is 0 Å². The molecule has 6 rings (SSSR count). The van der Waals surface area contributed by atoms with E-state index >= 15 is 0 Å². The van der Waals surface area contributed by atoms with Gasteiger partial charge in [-0.25, -0.2) is 9.88 Å². The van der Waals surface area contributed by atoms with E-state index in [-0.39, 0.29) is 31.0 Å². The molecule has 3 aliphatic heterocycles. The monoisotopic (exact) mass is 513 g/mol. The maximum Gasteiger partial charge on any atom is 0.240 e. The van der Waals surface area contributed by atoms with Crippen LogP contribution in [0, 0.1) is 23.2 Å². The number of fused-ring (bicyclic) bond motifs is 6. The lowest BCUT2D eigenvalue weighted by Gasteiger charge is -2.31. The molecule has 3 aromatic rings. The zero-order valence-electron chi connectivity index (χ0n) is 21.1. The highest BCUT2D eigenvalue weighted by molar-refractivity contribution is 6.26. The van der Waals surface area contributed by atoms with Crippen molar-refractivity contribution < 1.29 is 23.8 Å². The van der Waals surface area contributed by atoms with E-state index in [1.165, 1.54) is 4.90 Å². The molecule has 194 valence electrons. The Morgan fingerprint density at radius 1 is 1.13 bits per heavy atom. The lowest BCUT2D eigenvalue weighted by atomic mass is 9.67. The smallest absolute Gasteiger partial charge is 0.240 e. The Kier molecular flexibility index (Phi) is 5.59. The molecule has 2 aromatic carbocycles. The minimum Gasteiger partial charge on any atom is -0.477 e. The van der Waals surface area contributed by atoms with Crippen LogP contribution < -0.4 is 15.4 Å². The first-order valence-electron chi connectivity index (χ1n) is 12.6. The van der Waals surface area contributed by atoms with Crippen molar-refractivity contribution in [2.24, 2.45) is 11.8 Å². The van der Waals surface area contributed by atoms with Gasteiger partial charge in [0.05, 0.1) is 59.3 Å². The fourth-order valence-corrected chi connectivity index (χ4v) is 6.54. The molecule has 10 nitrogen and oxygen atoms in total. The van der Waals surface area contributed by atoms with Gasteiger partial charge in [0.25, 0.3) is 0 Å². The third-order valence-corrected chi connectivity index (χ3v) is 8.11. The number of ether oxygens (including phenoxy) is 3. The molecule has 2 amide bonds. The molecule has 0 radical (unpaired) electrons. The molecular formula is C28H27N5O5. The maximum atomic E-state index is 14.0. The second-order valence-electron chi connectivity index (χ2n) is 10.3. The third kappa shape index (κ3) is 3.54. The molecule has 0 saturated carbocycles. The summed E-state index contributed by atoms with van der Waals surface area (Å²) in [5, 5.41) is 10.9. The summed E-state index contributed by atoms with van der Waals surface area (Å²) in [6, 6.07) is 14.5. The van der Waals surface area contributed by atoms with Crippen LogP contribution in [0.15, 0.2) is 42.5 Å². The van der Waals surface area contributed by atoms with E-state index in [9.17, 15) is 14.9 Å². The minimum atomic E-state index is -0.822. The van der Waals surface area contributed by atoms with E-state index < -0.39 is 23.0 Å². The SMILES string of the molecule is COCc1cc(OCC[C@@]23CC[C@@](C)(O2)[C@H]2C(=O)N(c4ccc(C#N)c5ccccc45)C(=O)[C@H]23)nc(N)n1. The number of carbonyl (C=O) groups is 2. The number of methoxy groups -OCH3 is 1. The van der Waals surface area contributed by atoms with Gasteiger partial charge in [-0.2, -0.15) is 10.2 Å². The third-order valence-electron chi connectivity index (χ3n) is 8.11. The second kappa shape index (κ2) is 8.75. The van der Waals surface area contributed by atoms with Crippen LogP contribution in [0.1, 0.15) is 37.4 Å². The number of benzene rings is 2. The molecule has 2 bridgehead atoms. The molecule has 1 aromatic heterocycles. The molecule has 4 atom stereocenters. The molecule has 38 heavy (non-hydrogen) atoms. The first kappa shape index (κ1) is 24.3. The molecule has 3 fully saturated rings. The van der Waals surface area contributed by atoms with Gasteiger partial charge in [0.15, 0.2) is 0 Å². The first-order chi connectivity index (χ1) is 18.3. The highest BCUT2D eigenvalue weighted by Gasteiger charge is 2.73. The number of anilines is 2. The van der Waals surface area contributed by atoms with Crippen LogP contribution in [0.25, 0.3) is 10.8 Å². The largest absolute Gasteiger partial charge is 0.477 e. The van der Waals surface area contributed by atoms with Crippen molar-refractivity contribution >= 4 is 34.2 Å². The normalized spacial score (nSPS) is 27.7. The molecule has 4 heterocycles. The Hall–Kier alpha value is -4.07. The molecular weight excluding hydrogens is 486 g/mol. The predicted molar refractivity (Wildman–Crippen MR) is 137 cm³/mol. The van der Waals surface area contributed by atoms with Crippen LogP contribution in [0.4, 0.5) is 11.6 Å². The molecule has 0 unspecified atom stereocenters. The van der Waals surface area contributed by atoms with Crippen molar-refractivity contribution in [2.75, 3.05) is 24.4 Å². The number of nitrogens with two attached hydrogens (primary N) is 1.